The summed E-state index contributed by atoms with van der Waals surface area (Å²) in [4.78, 5) is 41.1. The van der Waals surface area contributed by atoms with Crippen molar-refractivity contribution >= 4 is 11.9 Å². The van der Waals surface area contributed by atoms with Gasteiger partial charge in [0.1, 0.15) is 18.0 Å². The van der Waals surface area contributed by atoms with Gasteiger partial charge >= 0.3 is 5.97 Å². The zero-order valence-corrected chi connectivity index (χ0v) is 26.8. The number of aryl methyl sites for hydroxylation is 3. The summed E-state index contributed by atoms with van der Waals surface area (Å²) in [6, 6.07) is 5.94. The zero-order chi connectivity index (χ0) is 33.3. The number of aromatic nitrogens is 1. The maximum Gasteiger partial charge on any atom is 0.305 e. The smallest absolute Gasteiger partial charge is 0.305 e. The highest BCUT2D eigenvalue weighted by atomic mass is 19.1. The number of carbonyl (C=O) groups is 2. The van der Waals surface area contributed by atoms with Gasteiger partial charge in [-0.25, -0.2) is 13.2 Å². The molecule has 1 fully saturated rings. The predicted octanol–water partition coefficient (Wildman–Crippen LogP) is 6.01. The summed E-state index contributed by atoms with van der Waals surface area (Å²) in [5, 5.41) is 12.8. The van der Waals surface area contributed by atoms with Gasteiger partial charge in [-0.3, -0.25) is 19.3 Å². The molecule has 0 bridgehead atoms. The number of carbonyl (C=O) groups excluding carboxylic acids is 1. The molecule has 7 nitrogen and oxygen atoms in total. The lowest BCUT2D eigenvalue weighted by molar-refractivity contribution is -0.138. The van der Waals surface area contributed by atoms with E-state index in [1.165, 1.54) is 18.3 Å². The van der Waals surface area contributed by atoms with Crippen LogP contribution in [0, 0.1) is 31.4 Å². The molecule has 2 atom stereocenters. The number of nitrogens with one attached hydrogen (secondary N) is 1. The van der Waals surface area contributed by atoms with Crippen molar-refractivity contribution in [3.8, 4) is 11.1 Å². The predicted molar refractivity (Wildman–Crippen MR) is 171 cm³/mol. The van der Waals surface area contributed by atoms with E-state index in [-0.39, 0.29) is 18.2 Å². The molecule has 1 aliphatic heterocycles. The molecule has 5 rings (SSSR count). The first-order valence-electron chi connectivity index (χ1n) is 16.0. The van der Waals surface area contributed by atoms with E-state index in [1.807, 2.05) is 44.7 Å². The molecule has 2 heterocycles. The molecule has 3 aromatic rings. The quantitative estimate of drug-likeness (QED) is 0.254. The van der Waals surface area contributed by atoms with Crippen LogP contribution in [-0.4, -0.2) is 52.3 Å². The molecular weight excluding hydrogens is 595 g/mol. The number of hydrogen-bond donors (Lipinski definition) is 2. The van der Waals surface area contributed by atoms with Crippen LogP contribution < -0.4 is 10.9 Å². The topological polar surface area (TPSA) is 91.6 Å². The van der Waals surface area contributed by atoms with Crippen molar-refractivity contribution < 1.29 is 27.9 Å². The number of carboxylic acid groups (broad SMARTS) is 1. The number of hydrogen-bond acceptors (Lipinski definition) is 4. The second-order valence-electron chi connectivity index (χ2n) is 13.3. The van der Waals surface area contributed by atoms with Crippen LogP contribution in [0.15, 0.2) is 41.3 Å². The van der Waals surface area contributed by atoms with Crippen LogP contribution in [0.5, 0.6) is 0 Å². The van der Waals surface area contributed by atoms with E-state index in [4.69, 9.17) is 0 Å². The van der Waals surface area contributed by atoms with Crippen molar-refractivity contribution in [2.75, 3.05) is 19.6 Å². The first-order valence-corrected chi connectivity index (χ1v) is 16.0. The number of nitrogens with zero attached hydrogens (tertiary/aromatic N) is 2. The van der Waals surface area contributed by atoms with Gasteiger partial charge in [0.05, 0.1) is 12.5 Å². The van der Waals surface area contributed by atoms with E-state index in [0.717, 1.165) is 63.3 Å². The molecule has 2 unspecified atom stereocenters. The molecule has 2 aromatic carbocycles. The molecule has 1 amide bonds. The lowest BCUT2D eigenvalue weighted by Crippen LogP contribution is -2.49. The molecule has 2 N–H and O–H groups in total. The Bertz CT molecular complexity index is 1670. The van der Waals surface area contributed by atoms with Gasteiger partial charge in [-0.05, 0) is 121 Å². The average Bonchev–Trinajstić information content (AvgIpc) is 3.43. The van der Waals surface area contributed by atoms with E-state index < -0.39 is 47.9 Å². The SMILES string of the molecule is Cc1cc(F)cc(C)c1-c1cc(C(CC(=O)O)NC(=O)C(CC(C)C)n2cc(CCN3CC(F)C3)cc(F)c2=O)cc2c1CCC2. The fourth-order valence-corrected chi connectivity index (χ4v) is 6.95. The maximum absolute atomic E-state index is 15.0. The monoisotopic (exact) mass is 637 g/mol. The highest BCUT2D eigenvalue weighted by Gasteiger charge is 2.30. The third-order valence-electron chi connectivity index (χ3n) is 9.12. The molecule has 0 saturated carbocycles. The van der Waals surface area contributed by atoms with Crippen molar-refractivity contribution in [3.63, 3.8) is 0 Å². The van der Waals surface area contributed by atoms with Crippen LogP contribution in [0.4, 0.5) is 13.2 Å². The Morgan fingerprint density at radius 2 is 1.74 bits per heavy atom. The van der Waals surface area contributed by atoms with Gasteiger partial charge < -0.3 is 15.0 Å². The third kappa shape index (κ3) is 7.38. The molecule has 1 saturated heterocycles. The Kier molecular flexibility index (Phi) is 10.1. The van der Waals surface area contributed by atoms with E-state index in [0.29, 0.717) is 37.2 Å². The Labute approximate surface area is 267 Å². The number of likely N-dealkylation sites (tertiary alicyclic amines) is 1. The maximum atomic E-state index is 15.0. The number of pyridine rings is 1. The molecular formula is C36H42F3N3O4. The van der Waals surface area contributed by atoms with Crippen molar-refractivity contribution in [2.24, 2.45) is 5.92 Å². The summed E-state index contributed by atoms with van der Waals surface area (Å²) in [7, 11) is 0. The Morgan fingerprint density at radius 1 is 1.04 bits per heavy atom. The third-order valence-corrected chi connectivity index (χ3v) is 9.12. The first kappa shape index (κ1) is 33.4. The Morgan fingerprint density at radius 3 is 2.37 bits per heavy atom. The standard InChI is InChI=1S/C36H42F3N3O4/c1-20(2)10-32(42-17-23(13-30(39)36(42)46)8-9-41-18-27(38)19-41)35(45)40-31(16-33(43)44)25-14-24-6-5-7-28(24)29(15-25)34-21(3)11-26(37)12-22(34)4/h11-15,17,20,27,31-32H,5-10,16,18-19H2,1-4H3,(H,40,45)(H,43,44). The van der Waals surface area contributed by atoms with Gasteiger partial charge in [0.2, 0.25) is 5.91 Å². The molecule has 246 valence electrons. The number of amides is 1. The number of carboxylic acids is 1. The van der Waals surface area contributed by atoms with Gasteiger partial charge in [-0.1, -0.05) is 19.9 Å². The summed E-state index contributed by atoms with van der Waals surface area (Å²) in [5.41, 5.74) is 5.69. The second kappa shape index (κ2) is 13.8. The Hall–Kier alpha value is -3.92. The van der Waals surface area contributed by atoms with Gasteiger partial charge in [0, 0.05) is 25.8 Å². The minimum atomic E-state index is -1.12. The van der Waals surface area contributed by atoms with Crippen LogP contribution in [0.25, 0.3) is 11.1 Å². The first-order chi connectivity index (χ1) is 21.8. The number of benzene rings is 2. The Balaban J connectivity index is 1.50. The summed E-state index contributed by atoms with van der Waals surface area (Å²) in [6.07, 6.45) is 3.37. The van der Waals surface area contributed by atoms with E-state index in [2.05, 4.69) is 5.32 Å². The molecule has 1 aromatic heterocycles. The van der Waals surface area contributed by atoms with E-state index in [9.17, 15) is 32.7 Å². The van der Waals surface area contributed by atoms with Gasteiger partial charge in [-0.15, -0.1) is 0 Å². The number of aliphatic carboxylic acids is 1. The second-order valence-corrected chi connectivity index (χ2v) is 13.3. The summed E-state index contributed by atoms with van der Waals surface area (Å²) >= 11 is 0. The number of halogens is 3. The largest absolute Gasteiger partial charge is 0.481 e. The molecule has 1 aliphatic carbocycles. The van der Waals surface area contributed by atoms with Crippen LogP contribution in [0.2, 0.25) is 0 Å². The number of rotatable bonds is 12. The van der Waals surface area contributed by atoms with Crippen LogP contribution in [0.1, 0.15) is 78.6 Å². The summed E-state index contributed by atoms with van der Waals surface area (Å²) < 4.78 is 43.6. The lowest BCUT2D eigenvalue weighted by atomic mass is 9.87. The van der Waals surface area contributed by atoms with Crippen LogP contribution in [0.3, 0.4) is 0 Å². The number of alkyl halides is 1. The lowest BCUT2D eigenvalue weighted by Gasteiger charge is -2.34. The molecule has 0 spiro atoms. The minimum Gasteiger partial charge on any atom is -0.481 e. The highest BCUT2D eigenvalue weighted by Crippen LogP contribution is 2.39. The van der Waals surface area contributed by atoms with Crippen molar-refractivity contribution in [2.45, 2.75) is 84.5 Å². The molecule has 2 aliphatic rings. The van der Waals surface area contributed by atoms with E-state index >= 15 is 0 Å². The van der Waals surface area contributed by atoms with Gasteiger partial charge in [0.15, 0.2) is 5.82 Å². The van der Waals surface area contributed by atoms with Crippen LogP contribution in [-0.2, 0) is 28.9 Å². The van der Waals surface area contributed by atoms with Gasteiger partial charge in [0.25, 0.3) is 5.56 Å². The van der Waals surface area contributed by atoms with Crippen molar-refractivity contribution in [1.29, 1.82) is 0 Å². The summed E-state index contributed by atoms with van der Waals surface area (Å²) in [5.74, 6) is -3.07. The fourth-order valence-electron chi connectivity index (χ4n) is 6.95. The number of fused-ring (bicyclic) bond motifs is 1. The fraction of sp³-hybridized carbons (Fsp3) is 0.472. The van der Waals surface area contributed by atoms with Crippen molar-refractivity contribution in [1.82, 2.24) is 14.8 Å². The average molecular weight is 638 g/mol. The van der Waals surface area contributed by atoms with Crippen LogP contribution >= 0.6 is 0 Å². The molecule has 0 radical (unpaired) electrons. The zero-order valence-electron chi connectivity index (χ0n) is 26.8. The highest BCUT2D eigenvalue weighted by molar-refractivity contribution is 5.82. The molecule has 46 heavy (non-hydrogen) atoms. The molecule has 10 heteroatoms. The van der Waals surface area contributed by atoms with E-state index in [1.54, 1.807) is 0 Å². The normalized spacial score (nSPS) is 16.3. The summed E-state index contributed by atoms with van der Waals surface area (Å²) in [6.45, 7) is 8.59. The minimum absolute atomic E-state index is 0.0501. The van der Waals surface area contributed by atoms with Gasteiger partial charge in [-0.2, -0.15) is 0 Å². The van der Waals surface area contributed by atoms with Crippen molar-refractivity contribution in [3.05, 3.63) is 91.9 Å².